The quantitative estimate of drug-likeness (QED) is 0.0607. The van der Waals surface area contributed by atoms with E-state index in [-0.39, 0.29) is 5.84 Å². The van der Waals surface area contributed by atoms with Crippen molar-refractivity contribution in [1.82, 2.24) is 0 Å². The molecule has 7 heteroatoms. The number of amidine groups is 2. The second-order valence-electron chi connectivity index (χ2n) is 18.8. The van der Waals surface area contributed by atoms with Crippen molar-refractivity contribution >= 4 is 101 Å². The zero-order valence-electron chi connectivity index (χ0n) is 41.3. The van der Waals surface area contributed by atoms with E-state index < -0.39 is 18.1 Å². The fraction of sp³-hybridized carbons (Fsp3) is 0. The summed E-state index contributed by atoms with van der Waals surface area (Å²) < 4.78 is 13.1. The average Bonchev–Trinajstić information content (AvgIpc) is 4.17. The molecule has 0 saturated heterocycles. The third kappa shape index (κ3) is 8.10. The first kappa shape index (κ1) is 46.4. The normalized spacial score (nSPS) is 12.5. The Balaban J connectivity index is 0.930. The lowest BCUT2D eigenvalue weighted by Crippen LogP contribution is -2.74. The van der Waals surface area contributed by atoms with Crippen LogP contribution in [0.25, 0.3) is 43.9 Å². The molecule has 2 aromatic heterocycles. The van der Waals surface area contributed by atoms with Crippen molar-refractivity contribution in [3.05, 3.63) is 302 Å². The summed E-state index contributed by atoms with van der Waals surface area (Å²) in [6.07, 6.45) is 1.89. The molecule has 2 heterocycles. The number of rotatable bonds is 11. The topological polar surface area (TPSA) is 74.8 Å². The number of benzene rings is 11. The van der Waals surface area contributed by atoms with Gasteiger partial charge in [-0.2, -0.15) is 0 Å². The molecule has 0 atom stereocenters. The van der Waals surface area contributed by atoms with E-state index in [0.717, 1.165) is 70.0 Å². The van der Waals surface area contributed by atoms with Gasteiger partial charge in [-0.3, -0.25) is 5.41 Å². The van der Waals surface area contributed by atoms with Gasteiger partial charge < -0.3 is 8.83 Å². The summed E-state index contributed by atoms with van der Waals surface area (Å²) in [6.45, 7) is 0. The maximum absolute atomic E-state index is 9.81. The predicted molar refractivity (Wildman–Crippen MR) is 318 cm³/mol. The lowest BCUT2D eigenvalue weighted by Gasteiger charge is -2.42. The van der Waals surface area contributed by atoms with Gasteiger partial charge in [0.15, 0.2) is 19.7 Å². The van der Waals surface area contributed by atoms with Crippen molar-refractivity contribution in [3.8, 4) is 0 Å². The fourth-order valence-electron chi connectivity index (χ4n) is 11.0. The second-order valence-corrected chi connectivity index (χ2v) is 25.8. The van der Waals surface area contributed by atoms with Gasteiger partial charge in [0.1, 0.15) is 22.3 Å². The highest BCUT2D eigenvalue weighted by molar-refractivity contribution is 8.34. The molecule has 0 spiro atoms. The average molecular weight is 1010 g/mol. The molecule has 362 valence electrons. The summed E-state index contributed by atoms with van der Waals surface area (Å²) in [5, 5.41) is 18.9. The van der Waals surface area contributed by atoms with Crippen molar-refractivity contribution in [1.29, 1.82) is 5.41 Å². The fourth-order valence-corrected chi connectivity index (χ4v) is 19.7. The minimum Gasteiger partial charge on any atom is -0.456 e. The molecule has 0 aliphatic carbocycles. The second kappa shape index (κ2) is 19.8. The lowest BCUT2D eigenvalue weighted by atomic mass is 10.1. The Hall–Kier alpha value is -9.40. The molecule has 0 aliphatic rings. The van der Waals surface area contributed by atoms with Crippen molar-refractivity contribution < 1.29 is 8.83 Å². The van der Waals surface area contributed by atoms with Crippen LogP contribution in [0.4, 0.5) is 0 Å². The van der Waals surface area contributed by atoms with Gasteiger partial charge in [-0.25, -0.2) is 9.98 Å². The monoisotopic (exact) mass is 1010 g/mol. The van der Waals surface area contributed by atoms with E-state index in [2.05, 4.69) is 224 Å². The highest BCUT2D eigenvalue weighted by atomic mass is 32.3. The van der Waals surface area contributed by atoms with Gasteiger partial charge in [0.25, 0.3) is 0 Å². The Morgan fingerprint density at radius 2 is 0.803 bits per heavy atom. The van der Waals surface area contributed by atoms with E-state index >= 15 is 0 Å². The maximum atomic E-state index is 9.81. The van der Waals surface area contributed by atoms with Gasteiger partial charge >= 0.3 is 0 Å². The molecular weight excluding hydrogens is 963 g/mol. The van der Waals surface area contributed by atoms with Crippen LogP contribution in [0.1, 0.15) is 16.7 Å². The van der Waals surface area contributed by atoms with Crippen LogP contribution >= 0.6 is 10.0 Å². The van der Waals surface area contributed by atoms with Gasteiger partial charge in [-0.15, -0.1) is 10.0 Å². The maximum Gasteiger partial charge on any atom is 0.179 e. The molecule has 11 aromatic carbocycles. The van der Waals surface area contributed by atoms with E-state index in [4.69, 9.17) is 18.8 Å². The van der Waals surface area contributed by atoms with Crippen LogP contribution < -0.4 is 20.7 Å². The summed E-state index contributed by atoms with van der Waals surface area (Å²) in [4.78, 5) is 15.0. The van der Waals surface area contributed by atoms with Gasteiger partial charge in [0, 0.05) is 58.5 Å². The molecule has 13 rings (SSSR count). The highest BCUT2D eigenvalue weighted by Crippen LogP contribution is 2.73. The molecule has 0 aliphatic heterocycles. The van der Waals surface area contributed by atoms with Crippen molar-refractivity contribution in [3.63, 3.8) is 0 Å². The highest BCUT2D eigenvalue weighted by Gasteiger charge is 2.42. The van der Waals surface area contributed by atoms with E-state index in [1.807, 2.05) is 66.9 Å². The number of hydrogen-bond donors (Lipinski definition) is 1. The summed E-state index contributed by atoms with van der Waals surface area (Å²) in [7, 11) is -5.15. The number of fused-ring (bicyclic) bond motifs is 6. The molecule has 1 N–H and O–H groups in total. The Morgan fingerprint density at radius 3 is 1.42 bits per heavy atom. The first-order valence-electron chi connectivity index (χ1n) is 25.4. The van der Waals surface area contributed by atoms with Crippen LogP contribution in [0, 0.1) is 5.41 Å². The Labute approximate surface area is 443 Å². The van der Waals surface area contributed by atoms with Gasteiger partial charge in [-0.1, -0.05) is 212 Å². The van der Waals surface area contributed by atoms with E-state index in [9.17, 15) is 5.41 Å². The molecule has 13 aromatic rings. The van der Waals surface area contributed by atoms with Crippen molar-refractivity contribution in [2.45, 2.75) is 19.6 Å². The molecular formula is C69H49N3O2SSi. The molecule has 0 saturated carbocycles. The molecule has 0 fully saturated rings. The predicted octanol–water partition coefficient (Wildman–Crippen LogP) is 15.1. The Bertz CT molecular complexity index is 4230. The third-order valence-electron chi connectivity index (χ3n) is 14.5. The van der Waals surface area contributed by atoms with Crippen LogP contribution in [0.2, 0.25) is 0 Å². The van der Waals surface area contributed by atoms with Crippen LogP contribution in [0.15, 0.2) is 324 Å². The molecule has 0 unspecified atom stereocenters. The number of para-hydroxylation sites is 2. The zero-order chi connectivity index (χ0) is 50.9. The minimum absolute atomic E-state index is 0.112. The number of nitrogens with zero attached hydrogens (tertiary/aromatic N) is 2. The van der Waals surface area contributed by atoms with Crippen LogP contribution in [0.3, 0.4) is 0 Å². The summed E-state index contributed by atoms with van der Waals surface area (Å²) in [6, 6.07) is 100. The SMILES string of the molecule is N=C(N=C(N=Cc1cccc(S(c2ccccc2)(c2ccccc2)c2ccc3c(c2)oc2ccccc23)c1)c1ccccc1)c1cccc([Si](c2ccccc2)(c2ccccc2)c2ccc3c(c2)oc2ccccc23)c1. The smallest absolute Gasteiger partial charge is 0.179 e. The van der Waals surface area contributed by atoms with Gasteiger partial charge in [0.05, 0.1) is 0 Å². The Morgan fingerprint density at radius 1 is 0.355 bits per heavy atom. The van der Waals surface area contributed by atoms with Gasteiger partial charge in [0.2, 0.25) is 0 Å². The molecule has 0 radical (unpaired) electrons. The van der Waals surface area contributed by atoms with E-state index in [1.165, 1.54) is 25.4 Å². The number of hydrogen-bond acceptors (Lipinski definition) is 3. The lowest BCUT2D eigenvalue weighted by molar-refractivity contribution is 0.667. The van der Waals surface area contributed by atoms with Crippen molar-refractivity contribution in [2.75, 3.05) is 0 Å². The van der Waals surface area contributed by atoms with Crippen LogP contribution in [-0.4, -0.2) is 26.0 Å². The summed E-state index contributed by atoms with van der Waals surface area (Å²) in [5.74, 6) is 0.549. The number of nitrogens with one attached hydrogen (secondary N) is 1. The van der Waals surface area contributed by atoms with E-state index in [0.29, 0.717) is 11.4 Å². The molecule has 0 amide bonds. The molecule has 76 heavy (non-hydrogen) atoms. The molecule has 0 bridgehead atoms. The molecule has 5 nitrogen and oxygen atoms in total. The standard InChI is InChI=1S/C69H49N3O2SSi/c70-68(51-25-21-35-58(45-51)76(56-31-12-4-13-32-56,57-33-14-5-15-34-57)59-41-43-63-61-37-17-19-39-65(61)74-67(63)47-59)72-69(50-23-6-1-7-24-50)71-48-49-22-20-30-54(44-49)75(52-26-8-2-9-27-52,53-28-10-3-11-29-53)55-40-42-62-60-36-16-18-38-64(60)73-66(62)46-55/h1-48,70H. The van der Waals surface area contributed by atoms with E-state index in [1.54, 1.807) is 0 Å². The summed E-state index contributed by atoms with van der Waals surface area (Å²) in [5.41, 5.74) is 5.85. The first-order chi connectivity index (χ1) is 37.6. The number of aliphatic imine (C=N–C) groups is 2. The largest absolute Gasteiger partial charge is 0.456 e. The number of furan rings is 2. The zero-order valence-corrected chi connectivity index (χ0v) is 43.1. The van der Waals surface area contributed by atoms with Crippen molar-refractivity contribution in [2.24, 2.45) is 9.98 Å². The van der Waals surface area contributed by atoms with Crippen LogP contribution in [-0.2, 0) is 0 Å². The van der Waals surface area contributed by atoms with Gasteiger partial charge in [-0.05, 0) is 99.1 Å². The van der Waals surface area contributed by atoms with Crippen LogP contribution in [0.5, 0.6) is 0 Å². The minimum atomic E-state index is -3.06. The third-order valence-corrected chi connectivity index (χ3v) is 23.1. The first-order valence-corrected chi connectivity index (χ1v) is 29.1. The summed E-state index contributed by atoms with van der Waals surface area (Å²) >= 11 is 0. The Kier molecular flexibility index (Phi) is 12.1.